The van der Waals surface area contributed by atoms with Gasteiger partial charge in [0.1, 0.15) is 5.82 Å². The van der Waals surface area contributed by atoms with Gasteiger partial charge in [-0.1, -0.05) is 36.2 Å². The Labute approximate surface area is 158 Å². The van der Waals surface area contributed by atoms with Gasteiger partial charge in [0.25, 0.3) is 0 Å². The van der Waals surface area contributed by atoms with Crippen LogP contribution >= 0.6 is 23.2 Å². The Balaban J connectivity index is 1.82. The van der Waals surface area contributed by atoms with Crippen molar-refractivity contribution in [1.29, 1.82) is 0 Å². The van der Waals surface area contributed by atoms with Gasteiger partial charge in [0.05, 0.1) is 27.6 Å². The number of aryl methyl sites for hydroxylation is 1. The summed E-state index contributed by atoms with van der Waals surface area (Å²) in [6, 6.07) is 5.48. The van der Waals surface area contributed by atoms with E-state index in [1.165, 1.54) is 0 Å². The lowest BCUT2D eigenvalue weighted by atomic mass is 9.91. The molecule has 2 aromatic rings. The number of hydrogen-bond acceptors (Lipinski definition) is 5. The second-order valence-corrected chi connectivity index (χ2v) is 7.53. The van der Waals surface area contributed by atoms with Crippen molar-refractivity contribution in [3.05, 3.63) is 40.1 Å². The molecule has 1 fully saturated rings. The Morgan fingerprint density at radius 2 is 2.00 bits per heavy atom. The summed E-state index contributed by atoms with van der Waals surface area (Å²) >= 11 is 12.3. The average molecular weight is 380 g/mol. The smallest absolute Gasteiger partial charge is 0.152 e. The van der Waals surface area contributed by atoms with Crippen molar-refractivity contribution in [3.63, 3.8) is 0 Å². The van der Waals surface area contributed by atoms with Crippen molar-refractivity contribution in [1.82, 2.24) is 9.97 Å². The molecule has 1 aliphatic rings. The first-order valence-electron chi connectivity index (χ1n) is 8.50. The minimum Gasteiger partial charge on any atom is -0.355 e. The Bertz CT molecular complexity index is 753. The van der Waals surface area contributed by atoms with Gasteiger partial charge in [-0.2, -0.15) is 0 Å². The highest BCUT2D eigenvalue weighted by Gasteiger charge is 2.27. The second-order valence-electron chi connectivity index (χ2n) is 6.74. The SMILES string of the molecule is CCc1nc(N2CCC(C)(N)CC2)cnc1Nc1cccc(Cl)c1Cl. The van der Waals surface area contributed by atoms with Crippen molar-refractivity contribution in [3.8, 4) is 0 Å². The molecule has 2 heterocycles. The van der Waals surface area contributed by atoms with Crippen LogP contribution in [0.15, 0.2) is 24.4 Å². The van der Waals surface area contributed by atoms with E-state index in [1.807, 2.05) is 12.1 Å². The molecule has 25 heavy (non-hydrogen) atoms. The first-order chi connectivity index (χ1) is 11.9. The van der Waals surface area contributed by atoms with Crippen LogP contribution in [-0.4, -0.2) is 28.6 Å². The van der Waals surface area contributed by atoms with Gasteiger partial charge in [-0.05, 0) is 38.3 Å². The van der Waals surface area contributed by atoms with E-state index in [-0.39, 0.29) is 5.54 Å². The van der Waals surface area contributed by atoms with Crippen molar-refractivity contribution >= 4 is 40.5 Å². The predicted octanol–water partition coefficient (Wildman–Crippen LogP) is 4.41. The molecule has 1 aliphatic heterocycles. The highest BCUT2D eigenvalue weighted by molar-refractivity contribution is 6.43. The molecule has 5 nitrogen and oxygen atoms in total. The van der Waals surface area contributed by atoms with Crippen LogP contribution in [0.25, 0.3) is 0 Å². The van der Waals surface area contributed by atoms with Gasteiger partial charge < -0.3 is 16.0 Å². The van der Waals surface area contributed by atoms with E-state index in [9.17, 15) is 0 Å². The monoisotopic (exact) mass is 379 g/mol. The summed E-state index contributed by atoms with van der Waals surface area (Å²) in [6.07, 6.45) is 4.48. The molecule has 0 radical (unpaired) electrons. The zero-order chi connectivity index (χ0) is 18.0. The Morgan fingerprint density at radius 1 is 1.28 bits per heavy atom. The zero-order valence-electron chi connectivity index (χ0n) is 14.5. The summed E-state index contributed by atoms with van der Waals surface area (Å²) < 4.78 is 0. The Morgan fingerprint density at radius 3 is 2.68 bits per heavy atom. The third-order valence-corrected chi connectivity index (χ3v) is 5.42. The molecule has 0 unspecified atom stereocenters. The average Bonchev–Trinajstić information content (AvgIpc) is 2.59. The van der Waals surface area contributed by atoms with Crippen LogP contribution in [0.2, 0.25) is 10.0 Å². The zero-order valence-corrected chi connectivity index (χ0v) is 16.0. The minimum atomic E-state index is -0.0810. The number of nitrogens with two attached hydrogens (primary N) is 1. The largest absolute Gasteiger partial charge is 0.355 e. The van der Waals surface area contributed by atoms with Crippen molar-refractivity contribution < 1.29 is 0 Å². The second kappa shape index (κ2) is 7.36. The van der Waals surface area contributed by atoms with Crippen molar-refractivity contribution in [2.24, 2.45) is 5.73 Å². The number of aromatic nitrogens is 2. The number of anilines is 3. The van der Waals surface area contributed by atoms with Gasteiger partial charge in [-0.25, -0.2) is 9.97 Å². The fraction of sp³-hybridized carbons (Fsp3) is 0.444. The summed E-state index contributed by atoms with van der Waals surface area (Å²) in [4.78, 5) is 11.6. The van der Waals surface area contributed by atoms with Gasteiger partial charge >= 0.3 is 0 Å². The molecule has 1 saturated heterocycles. The van der Waals surface area contributed by atoms with E-state index in [1.54, 1.807) is 12.3 Å². The third-order valence-electron chi connectivity index (χ3n) is 4.60. The Hall–Kier alpha value is -1.56. The van der Waals surface area contributed by atoms with Crippen LogP contribution in [-0.2, 0) is 6.42 Å². The number of rotatable bonds is 4. The van der Waals surface area contributed by atoms with E-state index in [4.69, 9.17) is 33.9 Å². The van der Waals surface area contributed by atoms with E-state index in [0.29, 0.717) is 15.9 Å². The van der Waals surface area contributed by atoms with Crippen LogP contribution in [0.3, 0.4) is 0 Å². The van der Waals surface area contributed by atoms with Crippen molar-refractivity contribution in [2.75, 3.05) is 23.3 Å². The summed E-state index contributed by atoms with van der Waals surface area (Å²) in [5, 5.41) is 4.24. The fourth-order valence-electron chi connectivity index (χ4n) is 2.89. The van der Waals surface area contributed by atoms with Crippen LogP contribution in [0, 0.1) is 0 Å². The highest BCUT2D eigenvalue weighted by Crippen LogP contribution is 2.32. The van der Waals surface area contributed by atoms with E-state index < -0.39 is 0 Å². The lowest BCUT2D eigenvalue weighted by Gasteiger charge is -2.37. The quantitative estimate of drug-likeness (QED) is 0.823. The maximum absolute atomic E-state index is 6.26. The maximum Gasteiger partial charge on any atom is 0.152 e. The summed E-state index contributed by atoms with van der Waals surface area (Å²) in [5.74, 6) is 1.60. The Kier molecular flexibility index (Phi) is 5.37. The number of benzene rings is 1. The van der Waals surface area contributed by atoms with Crippen LogP contribution in [0.1, 0.15) is 32.4 Å². The summed E-state index contributed by atoms with van der Waals surface area (Å²) in [5.41, 5.74) is 7.76. The number of halogens is 2. The molecular weight excluding hydrogens is 357 g/mol. The fourth-order valence-corrected chi connectivity index (χ4v) is 3.24. The van der Waals surface area contributed by atoms with E-state index in [2.05, 4.69) is 29.0 Å². The number of nitrogens with one attached hydrogen (secondary N) is 1. The minimum absolute atomic E-state index is 0.0810. The first-order valence-corrected chi connectivity index (χ1v) is 9.26. The van der Waals surface area contributed by atoms with Crippen LogP contribution < -0.4 is 16.0 Å². The molecule has 0 amide bonds. The number of nitrogens with zero attached hydrogens (tertiary/aromatic N) is 3. The van der Waals surface area contributed by atoms with Gasteiger partial charge in [-0.15, -0.1) is 0 Å². The normalized spacial score (nSPS) is 16.8. The standard InChI is InChI=1S/C18H23Cl2N5/c1-3-13-17(24-14-6-4-5-12(19)16(14)20)22-11-15(23-13)25-9-7-18(2,21)8-10-25/h4-6,11H,3,7-10,21H2,1-2H3,(H,22,24). The lowest BCUT2D eigenvalue weighted by molar-refractivity contribution is 0.363. The first kappa shape index (κ1) is 18.2. The van der Waals surface area contributed by atoms with Gasteiger partial charge in [0, 0.05) is 18.6 Å². The van der Waals surface area contributed by atoms with Crippen LogP contribution in [0.5, 0.6) is 0 Å². The summed E-state index contributed by atoms with van der Waals surface area (Å²) in [7, 11) is 0. The molecule has 0 bridgehead atoms. The van der Waals surface area contributed by atoms with E-state index >= 15 is 0 Å². The van der Waals surface area contributed by atoms with Crippen LogP contribution in [0.4, 0.5) is 17.3 Å². The molecule has 1 aromatic carbocycles. The van der Waals surface area contributed by atoms with Gasteiger partial charge in [0.15, 0.2) is 5.82 Å². The summed E-state index contributed by atoms with van der Waals surface area (Å²) in [6.45, 7) is 5.97. The lowest BCUT2D eigenvalue weighted by Crippen LogP contribution is -2.48. The maximum atomic E-state index is 6.26. The molecule has 3 N–H and O–H groups in total. The molecule has 3 rings (SSSR count). The molecule has 0 atom stereocenters. The van der Waals surface area contributed by atoms with Gasteiger partial charge in [0.2, 0.25) is 0 Å². The molecule has 134 valence electrons. The molecule has 0 spiro atoms. The molecule has 7 heteroatoms. The topological polar surface area (TPSA) is 67.1 Å². The highest BCUT2D eigenvalue weighted by atomic mass is 35.5. The number of hydrogen-bond donors (Lipinski definition) is 2. The predicted molar refractivity (Wildman–Crippen MR) is 105 cm³/mol. The molecule has 0 saturated carbocycles. The van der Waals surface area contributed by atoms with Crippen molar-refractivity contribution in [2.45, 2.75) is 38.6 Å². The van der Waals surface area contributed by atoms with Gasteiger partial charge in [-0.3, -0.25) is 0 Å². The number of piperidine rings is 1. The molecule has 1 aromatic heterocycles. The third kappa shape index (κ3) is 4.17. The molecule has 0 aliphatic carbocycles. The van der Waals surface area contributed by atoms with E-state index in [0.717, 1.165) is 49.6 Å². The molecular formula is C18H23Cl2N5.